The van der Waals surface area contributed by atoms with Gasteiger partial charge >= 0.3 is 0 Å². The molecule has 0 saturated heterocycles. The normalized spacial score (nSPS) is 10.3. The number of carbonyl (C=O) groups excluding carboxylic acids is 1. The molecule has 1 aromatic heterocycles. The lowest BCUT2D eigenvalue weighted by Gasteiger charge is -2.21. The predicted molar refractivity (Wildman–Crippen MR) is 87.8 cm³/mol. The van der Waals surface area contributed by atoms with Gasteiger partial charge in [-0.1, -0.05) is 37.3 Å². The molecule has 5 heteroatoms. The lowest BCUT2D eigenvalue weighted by molar-refractivity contribution is 0.0948. The summed E-state index contributed by atoms with van der Waals surface area (Å²) in [6.45, 7) is 6.33. The summed E-state index contributed by atoms with van der Waals surface area (Å²) in [6.07, 6.45) is 4.10. The number of nitrogens with one attached hydrogen (secondary N) is 1. The molecule has 0 aliphatic heterocycles. The molecule has 0 spiro atoms. The molecule has 0 aliphatic carbocycles. The molecule has 5 nitrogen and oxygen atoms in total. The maximum absolute atomic E-state index is 11.8. The summed E-state index contributed by atoms with van der Waals surface area (Å²) in [4.78, 5) is 22.5. The second-order valence-corrected chi connectivity index (χ2v) is 5.02. The standard InChI is InChI=1S/C17H22N4O/c1-3-10-18-17(22)15-11-20-16(12-19-15)21(4-2)13-14-8-6-5-7-9-14/h5-9,11-12H,3-4,10,13H2,1-2H3,(H,18,22). The van der Waals surface area contributed by atoms with E-state index in [1.807, 2.05) is 25.1 Å². The number of hydrogen-bond acceptors (Lipinski definition) is 4. The van der Waals surface area contributed by atoms with E-state index in [2.05, 4.69) is 39.2 Å². The second kappa shape index (κ2) is 8.12. The van der Waals surface area contributed by atoms with Crippen molar-refractivity contribution in [2.24, 2.45) is 0 Å². The van der Waals surface area contributed by atoms with Crippen LogP contribution in [0.25, 0.3) is 0 Å². The largest absolute Gasteiger partial charge is 0.351 e. The molecule has 116 valence electrons. The summed E-state index contributed by atoms with van der Waals surface area (Å²) in [5, 5.41) is 2.80. The average Bonchev–Trinajstić information content (AvgIpc) is 2.58. The Bertz CT molecular complexity index is 583. The van der Waals surface area contributed by atoms with Gasteiger partial charge in [0, 0.05) is 19.6 Å². The molecule has 0 aliphatic rings. The van der Waals surface area contributed by atoms with E-state index in [1.54, 1.807) is 6.20 Å². The third kappa shape index (κ3) is 4.28. The maximum Gasteiger partial charge on any atom is 0.271 e. The van der Waals surface area contributed by atoms with Gasteiger partial charge in [-0.05, 0) is 18.9 Å². The molecule has 1 amide bonds. The molecule has 2 aromatic rings. The van der Waals surface area contributed by atoms with E-state index in [-0.39, 0.29) is 5.91 Å². The highest BCUT2D eigenvalue weighted by atomic mass is 16.1. The minimum atomic E-state index is -0.174. The van der Waals surface area contributed by atoms with Gasteiger partial charge in [0.15, 0.2) is 0 Å². The van der Waals surface area contributed by atoms with E-state index in [0.717, 1.165) is 25.3 Å². The number of amides is 1. The highest BCUT2D eigenvalue weighted by Crippen LogP contribution is 2.13. The van der Waals surface area contributed by atoms with Crippen LogP contribution in [0, 0.1) is 0 Å². The van der Waals surface area contributed by atoms with Gasteiger partial charge in [-0.25, -0.2) is 9.97 Å². The van der Waals surface area contributed by atoms with Crippen molar-refractivity contribution in [1.82, 2.24) is 15.3 Å². The third-order valence-electron chi connectivity index (χ3n) is 3.33. The fourth-order valence-electron chi connectivity index (χ4n) is 2.09. The first kappa shape index (κ1) is 15.9. The zero-order chi connectivity index (χ0) is 15.8. The fraction of sp³-hybridized carbons (Fsp3) is 0.353. The number of benzene rings is 1. The van der Waals surface area contributed by atoms with E-state index in [9.17, 15) is 4.79 Å². The molecule has 0 saturated carbocycles. The van der Waals surface area contributed by atoms with E-state index in [0.29, 0.717) is 12.2 Å². The highest BCUT2D eigenvalue weighted by Gasteiger charge is 2.10. The molecule has 22 heavy (non-hydrogen) atoms. The first-order valence-corrected chi connectivity index (χ1v) is 7.63. The Morgan fingerprint density at radius 3 is 2.50 bits per heavy atom. The summed E-state index contributed by atoms with van der Waals surface area (Å²) >= 11 is 0. The maximum atomic E-state index is 11.8. The van der Waals surface area contributed by atoms with Crippen LogP contribution >= 0.6 is 0 Å². The number of rotatable bonds is 7. The summed E-state index contributed by atoms with van der Waals surface area (Å²) < 4.78 is 0. The lowest BCUT2D eigenvalue weighted by Crippen LogP contribution is -2.26. The van der Waals surface area contributed by atoms with Gasteiger partial charge in [0.1, 0.15) is 11.5 Å². The molecule has 0 atom stereocenters. The lowest BCUT2D eigenvalue weighted by atomic mass is 10.2. The van der Waals surface area contributed by atoms with Crippen molar-refractivity contribution in [3.63, 3.8) is 0 Å². The predicted octanol–water partition coefficient (Wildman–Crippen LogP) is 2.64. The van der Waals surface area contributed by atoms with Crippen LogP contribution in [0.4, 0.5) is 5.82 Å². The molecule has 2 rings (SSSR count). The van der Waals surface area contributed by atoms with Gasteiger partial charge in [-0.3, -0.25) is 4.79 Å². The molecule has 1 heterocycles. The van der Waals surface area contributed by atoms with Gasteiger partial charge in [0.2, 0.25) is 0 Å². The monoisotopic (exact) mass is 298 g/mol. The Balaban J connectivity index is 2.05. The zero-order valence-corrected chi connectivity index (χ0v) is 13.1. The van der Waals surface area contributed by atoms with Crippen LogP contribution in [0.3, 0.4) is 0 Å². The smallest absolute Gasteiger partial charge is 0.271 e. The van der Waals surface area contributed by atoms with Crippen molar-refractivity contribution in [2.75, 3.05) is 18.0 Å². The minimum absolute atomic E-state index is 0.174. The molecular formula is C17H22N4O. The quantitative estimate of drug-likeness (QED) is 0.853. The van der Waals surface area contributed by atoms with Crippen molar-refractivity contribution in [2.45, 2.75) is 26.8 Å². The van der Waals surface area contributed by atoms with Crippen LogP contribution in [-0.2, 0) is 6.54 Å². The minimum Gasteiger partial charge on any atom is -0.351 e. The highest BCUT2D eigenvalue weighted by molar-refractivity contribution is 5.91. The van der Waals surface area contributed by atoms with Crippen molar-refractivity contribution < 1.29 is 4.79 Å². The molecule has 0 bridgehead atoms. The Labute approximate surface area is 131 Å². The fourth-order valence-corrected chi connectivity index (χ4v) is 2.09. The molecule has 1 N–H and O–H groups in total. The number of aromatic nitrogens is 2. The van der Waals surface area contributed by atoms with Gasteiger partial charge in [-0.2, -0.15) is 0 Å². The van der Waals surface area contributed by atoms with Crippen molar-refractivity contribution in [3.8, 4) is 0 Å². The summed E-state index contributed by atoms with van der Waals surface area (Å²) in [5.74, 6) is 0.602. The molecule has 0 fully saturated rings. The summed E-state index contributed by atoms with van der Waals surface area (Å²) in [6, 6.07) is 10.2. The number of anilines is 1. The topological polar surface area (TPSA) is 58.1 Å². The third-order valence-corrected chi connectivity index (χ3v) is 3.33. The van der Waals surface area contributed by atoms with Crippen LogP contribution in [0.2, 0.25) is 0 Å². The second-order valence-electron chi connectivity index (χ2n) is 5.02. The number of nitrogens with zero attached hydrogens (tertiary/aromatic N) is 3. The van der Waals surface area contributed by atoms with Gasteiger partial charge in [0.25, 0.3) is 5.91 Å². The average molecular weight is 298 g/mol. The van der Waals surface area contributed by atoms with Crippen molar-refractivity contribution in [3.05, 3.63) is 54.0 Å². The summed E-state index contributed by atoms with van der Waals surface area (Å²) in [5.41, 5.74) is 1.57. The van der Waals surface area contributed by atoms with Crippen LogP contribution in [0.5, 0.6) is 0 Å². The van der Waals surface area contributed by atoms with Gasteiger partial charge < -0.3 is 10.2 Å². The molecule has 0 radical (unpaired) electrons. The SMILES string of the molecule is CCCNC(=O)c1cnc(N(CC)Cc2ccccc2)cn1. The zero-order valence-electron chi connectivity index (χ0n) is 13.1. The first-order valence-electron chi connectivity index (χ1n) is 7.63. The van der Waals surface area contributed by atoms with Crippen LogP contribution in [0.1, 0.15) is 36.3 Å². The van der Waals surface area contributed by atoms with Crippen molar-refractivity contribution >= 4 is 11.7 Å². The number of hydrogen-bond donors (Lipinski definition) is 1. The van der Waals surface area contributed by atoms with E-state index >= 15 is 0 Å². The molecule has 0 unspecified atom stereocenters. The van der Waals surface area contributed by atoms with Crippen LogP contribution in [0.15, 0.2) is 42.7 Å². The first-order chi connectivity index (χ1) is 10.7. The van der Waals surface area contributed by atoms with E-state index < -0.39 is 0 Å². The Hall–Kier alpha value is -2.43. The van der Waals surface area contributed by atoms with E-state index in [4.69, 9.17) is 0 Å². The van der Waals surface area contributed by atoms with Gasteiger partial charge in [0.05, 0.1) is 12.4 Å². The summed E-state index contributed by atoms with van der Waals surface area (Å²) in [7, 11) is 0. The Kier molecular flexibility index (Phi) is 5.89. The Morgan fingerprint density at radius 2 is 1.91 bits per heavy atom. The van der Waals surface area contributed by atoms with Crippen molar-refractivity contribution in [1.29, 1.82) is 0 Å². The molecular weight excluding hydrogens is 276 g/mol. The number of carbonyl (C=O) groups is 1. The molecule has 1 aromatic carbocycles. The van der Waals surface area contributed by atoms with Crippen LogP contribution < -0.4 is 10.2 Å². The van der Waals surface area contributed by atoms with Crippen LogP contribution in [-0.4, -0.2) is 29.0 Å². The van der Waals surface area contributed by atoms with Gasteiger partial charge in [-0.15, -0.1) is 0 Å². The van der Waals surface area contributed by atoms with E-state index in [1.165, 1.54) is 11.8 Å². The Morgan fingerprint density at radius 1 is 1.14 bits per heavy atom.